The Labute approximate surface area is 90.6 Å². The molecule has 1 aliphatic heterocycles. The predicted molar refractivity (Wildman–Crippen MR) is 52.5 cm³/mol. The second-order valence-corrected chi connectivity index (χ2v) is 5.31. The molecule has 0 aromatic carbocycles. The number of fused-ring (bicyclic) bond motifs is 1. The molecule has 0 saturated heterocycles. The fourth-order valence-electron chi connectivity index (χ4n) is 1.30. The Morgan fingerprint density at radius 2 is 2.07 bits per heavy atom. The number of anilines is 1. The summed E-state index contributed by atoms with van der Waals surface area (Å²) in [6, 6.07) is 0. The van der Waals surface area contributed by atoms with E-state index in [0.29, 0.717) is 5.69 Å². The SMILES string of the molecule is Cc1nc(Cl)nc2c1NC(=O)CS2(=O)=O. The molecule has 0 radical (unpaired) electrons. The summed E-state index contributed by atoms with van der Waals surface area (Å²) in [6.45, 7) is 1.55. The van der Waals surface area contributed by atoms with Crippen LogP contribution >= 0.6 is 11.6 Å². The summed E-state index contributed by atoms with van der Waals surface area (Å²) < 4.78 is 23.2. The van der Waals surface area contributed by atoms with E-state index in [4.69, 9.17) is 11.6 Å². The fourth-order valence-corrected chi connectivity index (χ4v) is 2.85. The van der Waals surface area contributed by atoms with Gasteiger partial charge in [-0.2, -0.15) is 0 Å². The van der Waals surface area contributed by atoms with Gasteiger partial charge in [-0.3, -0.25) is 4.79 Å². The predicted octanol–water partition coefficient (Wildman–Crippen LogP) is 0.164. The average molecular weight is 248 g/mol. The number of carbonyl (C=O) groups excluding carboxylic acids is 1. The van der Waals surface area contributed by atoms with E-state index < -0.39 is 21.5 Å². The maximum absolute atomic E-state index is 11.6. The van der Waals surface area contributed by atoms with Gasteiger partial charge >= 0.3 is 0 Å². The van der Waals surface area contributed by atoms with Crippen LogP contribution in [0.25, 0.3) is 0 Å². The molecule has 0 spiro atoms. The van der Waals surface area contributed by atoms with Crippen molar-refractivity contribution < 1.29 is 13.2 Å². The van der Waals surface area contributed by atoms with E-state index in [1.807, 2.05) is 0 Å². The minimum Gasteiger partial charge on any atom is -0.321 e. The lowest BCUT2D eigenvalue weighted by Crippen LogP contribution is -2.31. The van der Waals surface area contributed by atoms with Crippen LogP contribution in [0, 0.1) is 6.92 Å². The van der Waals surface area contributed by atoms with Crippen molar-refractivity contribution in [2.45, 2.75) is 11.9 Å². The summed E-state index contributed by atoms with van der Waals surface area (Å²) in [5.74, 6) is -1.19. The zero-order chi connectivity index (χ0) is 11.2. The lowest BCUT2D eigenvalue weighted by molar-refractivity contribution is -0.114. The van der Waals surface area contributed by atoms with Crippen LogP contribution in [-0.2, 0) is 14.6 Å². The van der Waals surface area contributed by atoms with Gasteiger partial charge < -0.3 is 5.32 Å². The van der Waals surface area contributed by atoms with Crippen LogP contribution in [0.5, 0.6) is 0 Å². The number of sulfone groups is 1. The quantitative estimate of drug-likeness (QED) is 0.521. The van der Waals surface area contributed by atoms with E-state index in [-0.39, 0.29) is 16.0 Å². The molecule has 2 heterocycles. The van der Waals surface area contributed by atoms with Crippen molar-refractivity contribution in [3.8, 4) is 0 Å². The first kappa shape index (κ1) is 10.3. The molecule has 1 amide bonds. The van der Waals surface area contributed by atoms with Crippen LogP contribution in [0.2, 0.25) is 5.28 Å². The van der Waals surface area contributed by atoms with Gasteiger partial charge in [0.05, 0.1) is 5.69 Å². The van der Waals surface area contributed by atoms with Crippen molar-refractivity contribution in [1.82, 2.24) is 9.97 Å². The highest BCUT2D eigenvalue weighted by Gasteiger charge is 2.32. The average Bonchev–Trinajstić information content (AvgIpc) is 2.06. The second kappa shape index (κ2) is 3.14. The number of halogens is 1. The van der Waals surface area contributed by atoms with Crippen molar-refractivity contribution in [3.63, 3.8) is 0 Å². The van der Waals surface area contributed by atoms with Crippen LogP contribution < -0.4 is 5.32 Å². The summed E-state index contributed by atoms with van der Waals surface area (Å²) >= 11 is 5.55. The van der Waals surface area contributed by atoms with Gasteiger partial charge in [0.15, 0.2) is 5.03 Å². The second-order valence-electron chi connectivity index (χ2n) is 3.07. The molecule has 0 saturated carbocycles. The largest absolute Gasteiger partial charge is 0.321 e. The molecule has 0 atom stereocenters. The number of aryl methyl sites for hydroxylation is 1. The van der Waals surface area contributed by atoms with Crippen molar-refractivity contribution in [1.29, 1.82) is 0 Å². The summed E-state index contributed by atoms with van der Waals surface area (Å²) in [5.41, 5.74) is 0.456. The Morgan fingerprint density at radius 3 is 2.73 bits per heavy atom. The summed E-state index contributed by atoms with van der Waals surface area (Å²) in [5, 5.41) is 2.05. The van der Waals surface area contributed by atoms with E-state index >= 15 is 0 Å². The summed E-state index contributed by atoms with van der Waals surface area (Å²) in [7, 11) is -3.68. The van der Waals surface area contributed by atoms with Gasteiger partial charge in [-0.05, 0) is 18.5 Å². The molecule has 0 unspecified atom stereocenters. The van der Waals surface area contributed by atoms with Gasteiger partial charge in [-0.25, -0.2) is 18.4 Å². The van der Waals surface area contributed by atoms with Gasteiger partial charge in [0.25, 0.3) is 0 Å². The first-order valence-electron chi connectivity index (χ1n) is 3.97. The first-order valence-corrected chi connectivity index (χ1v) is 6.00. The van der Waals surface area contributed by atoms with E-state index in [0.717, 1.165) is 0 Å². The Kier molecular flexibility index (Phi) is 2.16. The molecule has 1 N–H and O–H groups in total. The maximum atomic E-state index is 11.6. The van der Waals surface area contributed by atoms with Crippen LogP contribution in [0.3, 0.4) is 0 Å². The molecule has 2 rings (SSSR count). The molecule has 0 bridgehead atoms. The molecule has 0 aliphatic carbocycles. The minimum atomic E-state index is -3.68. The van der Waals surface area contributed by atoms with Gasteiger partial charge in [0, 0.05) is 0 Å². The number of nitrogens with one attached hydrogen (secondary N) is 1. The van der Waals surface area contributed by atoms with Crippen LogP contribution in [-0.4, -0.2) is 30.0 Å². The molecule has 1 aromatic rings. The van der Waals surface area contributed by atoms with Gasteiger partial charge in [-0.1, -0.05) is 0 Å². The molecule has 8 heteroatoms. The highest BCUT2D eigenvalue weighted by molar-refractivity contribution is 7.92. The first-order chi connectivity index (χ1) is 6.90. The van der Waals surface area contributed by atoms with E-state index in [9.17, 15) is 13.2 Å². The fraction of sp³-hybridized carbons (Fsp3) is 0.286. The zero-order valence-corrected chi connectivity index (χ0v) is 9.18. The third-order valence-electron chi connectivity index (χ3n) is 1.91. The standard InChI is InChI=1S/C7H6ClN3O3S/c1-3-5-6(11-7(8)9-3)15(13,14)2-4(12)10-5/h2H2,1H3,(H,10,12). The lowest BCUT2D eigenvalue weighted by Gasteiger charge is -2.17. The third kappa shape index (κ3) is 1.68. The number of nitrogens with zero attached hydrogens (tertiary/aromatic N) is 2. The number of rotatable bonds is 0. The zero-order valence-electron chi connectivity index (χ0n) is 7.61. The van der Waals surface area contributed by atoms with Gasteiger partial charge in [-0.15, -0.1) is 0 Å². The van der Waals surface area contributed by atoms with Crippen LogP contribution in [0.15, 0.2) is 5.03 Å². The topological polar surface area (TPSA) is 89.0 Å². The number of amides is 1. The lowest BCUT2D eigenvalue weighted by atomic mass is 10.3. The monoisotopic (exact) mass is 247 g/mol. The maximum Gasteiger partial charge on any atom is 0.240 e. The molecular weight excluding hydrogens is 242 g/mol. The Bertz CT molecular complexity index is 555. The molecule has 1 aliphatic rings. The Morgan fingerprint density at radius 1 is 1.40 bits per heavy atom. The van der Waals surface area contributed by atoms with Crippen molar-refractivity contribution >= 4 is 33.0 Å². The van der Waals surface area contributed by atoms with Gasteiger partial charge in [0.1, 0.15) is 11.4 Å². The van der Waals surface area contributed by atoms with Crippen molar-refractivity contribution in [2.75, 3.05) is 11.1 Å². The molecular formula is C7H6ClN3O3S. The smallest absolute Gasteiger partial charge is 0.240 e. The summed E-state index contributed by atoms with van der Waals surface area (Å²) in [4.78, 5) is 18.5. The Hall–Kier alpha value is -1.21. The van der Waals surface area contributed by atoms with E-state index in [1.54, 1.807) is 6.92 Å². The van der Waals surface area contributed by atoms with Crippen molar-refractivity contribution in [2.24, 2.45) is 0 Å². The molecule has 6 nitrogen and oxygen atoms in total. The Balaban J connectivity index is 2.78. The normalized spacial score (nSPS) is 18.1. The van der Waals surface area contributed by atoms with Gasteiger partial charge in [0.2, 0.25) is 21.0 Å². The highest BCUT2D eigenvalue weighted by Crippen LogP contribution is 2.27. The highest BCUT2D eigenvalue weighted by atomic mass is 35.5. The number of hydrogen-bond donors (Lipinski definition) is 1. The third-order valence-corrected chi connectivity index (χ3v) is 3.61. The van der Waals surface area contributed by atoms with Crippen LogP contribution in [0.1, 0.15) is 5.69 Å². The minimum absolute atomic E-state index is 0.121. The van der Waals surface area contributed by atoms with E-state index in [1.165, 1.54) is 0 Å². The molecule has 0 fully saturated rings. The van der Waals surface area contributed by atoms with E-state index in [2.05, 4.69) is 15.3 Å². The molecule has 1 aromatic heterocycles. The number of hydrogen-bond acceptors (Lipinski definition) is 5. The molecule has 15 heavy (non-hydrogen) atoms. The number of aromatic nitrogens is 2. The molecule has 80 valence electrons. The number of carbonyl (C=O) groups is 1. The van der Waals surface area contributed by atoms with Crippen LogP contribution in [0.4, 0.5) is 5.69 Å². The van der Waals surface area contributed by atoms with Crippen molar-refractivity contribution in [3.05, 3.63) is 11.0 Å². The summed E-state index contributed by atoms with van der Waals surface area (Å²) in [6.07, 6.45) is 0.